The second kappa shape index (κ2) is 9.05. The summed E-state index contributed by atoms with van der Waals surface area (Å²) in [6, 6.07) is 5.50. The highest BCUT2D eigenvalue weighted by Crippen LogP contribution is 2.41. The Morgan fingerprint density at radius 2 is 2.12 bits per heavy atom. The standard InChI is InChI=1S/C24H20ClFN4O4/c1-12-17(9-29-23-20(12)13(8-27)2-5-33-23)16-6-14-7-19(28-10-18(14)21(25)22(16)26)30-24(31)34-15-3-4-32-11-15/h6-7,9-10,13,15H,2-5,11H2,1H3,(H,28,30,31)/t13?,15-/m1/s1. The summed E-state index contributed by atoms with van der Waals surface area (Å²) in [5.41, 5.74) is 2.12. The molecule has 1 amide bonds. The number of pyridine rings is 2. The Kier molecular flexibility index (Phi) is 5.94. The van der Waals surface area contributed by atoms with E-state index in [1.165, 1.54) is 12.4 Å². The average Bonchev–Trinajstić information content (AvgIpc) is 3.34. The maximum Gasteiger partial charge on any atom is 0.413 e. The summed E-state index contributed by atoms with van der Waals surface area (Å²) in [6.07, 6.45) is 3.17. The molecule has 3 aromatic rings. The molecule has 5 rings (SSSR count). The zero-order valence-electron chi connectivity index (χ0n) is 18.2. The van der Waals surface area contributed by atoms with Crippen molar-refractivity contribution in [2.24, 2.45) is 0 Å². The van der Waals surface area contributed by atoms with Gasteiger partial charge >= 0.3 is 6.09 Å². The van der Waals surface area contributed by atoms with Crippen LogP contribution in [0.2, 0.25) is 5.02 Å². The van der Waals surface area contributed by atoms with E-state index in [-0.39, 0.29) is 28.4 Å². The number of nitriles is 1. The summed E-state index contributed by atoms with van der Waals surface area (Å²) in [5.74, 6) is -0.365. The summed E-state index contributed by atoms with van der Waals surface area (Å²) >= 11 is 6.37. The number of rotatable bonds is 3. The smallest absolute Gasteiger partial charge is 0.413 e. The fourth-order valence-corrected chi connectivity index (χ4v) is 4.58. The first kappa shape index (κ1) is 22.3. The van der Waals surface area contributed by atoms with Crippen LogP contribution in [0.4, 0.5) is 15.0 Å². The largest absolute Gasteiger partial charge is 0.477 e. The van der Waals surface area contributed by atoms with Gasteiger partial charge in [-0.1, -0.05) is 11.6 Å². The van der Waals surface area contributed by atoms with Gasteiger partial charge in [0.05, 0.1) is 36.8 Å². The predicted molar refractivity (Wildman–Crippen MR) is 122 cm³/mol. The van der Waals surface area contributed by atoms with Crippen LogP contribution in [0.25, 0.3) is 21.9 Å². The van der Waals surface area contributed by atoms with Crippen molar-refractivity contribution in [2.75, 3.05) is 25.1 Å². The van der Waals surface area contributed by atoms with Gasteiger partial charge in [0.1, 0.15) is 17.7 Å². The maximum absolute atomic E-state index is 15.4. The highest BCUT2D eigenvalue weighted by molar-refractivity contribution is 6.36. The maximum atomic E-state index is 15.4. The van der Waals surface area contributed by atoms with Crippen LogP contribution in [0.15, 0.2) is 24.5 Å². The van der Waals surface area contributed by atoms with Gasteiger partial charge in [0.2, 0.25) is 5.88 Å². The molecule has 4 heterocycles. The zero-order chi connectivity index (χ0) is 23.8. The van der Waals surface area contributed by atoms with E-state index < -0.39 is 11.9 Å². The third-order valence-electron chi connectivity index (χ3n) is 6.08. The first-order valence-electron chi connectivity index (χ1n) is 10.8. The van der Waals surface area contributed by atoms with E-state index in [0.29, 0.717) is 66.0 Å². The lowest BCUT2D eigenvalue weighted by Gasteiger charge is -2.24. The number of carbonyl (C=O) groups is 1. The van der Waals surface area contributed by atoms with Crippen LogP contribution in [0.3, 0.4) is 0 Å². The topological polar surface area (TPSA) is 106 Å². The molecular formula is C24H20ClFN4O4. The molecular weight excluding hydrogens is 463 g/mol. The number of nitrogens with zero attached hydrogens (tertiary/aromatic N) is 3. The number of amides is 1. The van der Waals surface area contributed by atoms with Gasteiger partial charge in [-0.3, -0.25) is 5.32 Å². The number of halogens is 2. The number of ether oxygens (including phenoxy) is 3. The Bertz CT molecular complexity index is 1340. The predicted octanol–water partition coefficient (Wildman–Crippen LogP) is 5.12. The number of benzene rings is 1. The van der Waals surface area contributed by atoms with Crippen molar-refractivity contribution in [3.8, 4) is 23.1 Å². The first-order chi connectivity index (χ1) is 16.5. The van der Waals surface area contributed by atoms with Crippen LogP contribution in [0.5, 0.6) is 5.88 Å². The van der Waals surface area contributed by atoms with Gasteiger partial charge in [-0.2, -0.15) is 5.26 Å². The van der Waals surface area contributed by atoms with Crippen LogP contribution in [0.1, 0.15) is 29.9 Å². The molecule has 1 aromatic carbocycles. The van der Waals surface area contributed by atoms with Crippen LogP contribution < -0.4 is 10.1 Å². The summed E-state index contributed by atoms with van der Waals surface area (Å²) in [5, 5.41) is 13.0. The van der Waals surface area contributed by atoms with Gasteiger partial charge in [-0.25, -0.2) is 19.2 Å². The zero-order valence-corrected chi connectivity index (χ0v) is 19.0. The van der Waals surface area contributed by atoms with E-state index in [1.54, 1.807) is 12.1 Å². The van der Waals surface area contributed by atoms with E-state index >= 15 is 4.39 Å². The van der Waals surface area contributed by atoms with E-state index in [4.69, 9.17) is 25.8 Å². The number of carbonyl (C=O) groups excluding carboxylic acids is 1. The molecule has 0 bridgehead atoms. The van der Waals surface area contributed by atoms with E-state index in [2.05, 4.69) is 21.4 Å². The highest BCUT2D eigenvalue weighted by Gasteiger charge is 2.27. The minimum Gasteiger partial charge on any atom is -0.477 e. The SMILES string of the molecule is Cc1c(-c2cc3cc(NC(=O)O[C@@H]4CCOC4)ncc3c(Cl)c2F)cnc2c1C(C#N)CCO2. The normalized spacial score (nSPS) is 19.2. The molecule has 1 unspecified atom stereocenters. The van der Waals surface area contributed by atoms with Crippen molar-refractivity contribution >= 4 is 34.3 Å². The van der Waals surface area contributed by atoms with Crippen molar-refractivity contribution < 1.29 is 23.4 Å². The lowest BCUT2D eigenvalue weighted by atomic mass is 9.88. The number of hydrogen-bond donors (Lipinski definition) is 1. The van der Waals surface area contributed by atoms with Crippen molar-refractivity contribution in [3.05, 3.63) is 46.5 Å². The molecule has 0 spiro atoms. The van der Waals surface area contributed by atoms with Crippen LogP contribution in [-0.4, -0.2) is 42.0 Å². The Morgan fingerprint density at radius 1 is 1.26 bits per heavy atom. The second-order valence-corrected chi connectivity index (χ2v) is 8.57. The molecule has 0 aliphatic carbocycles. The Morgan fingerprint density at radius 3 is 2.88 bits per heavy atom. The number of aromatic nitrogens is 2. The third-order valence-corrected chi connectivity index (χ3v) is 6.45. The van der Waals surface area contributed by atoms with E-state index in [0.717, 1.165) is 0 Å². The highest BCUT2D eigenvalue weighted by atomic mass is 35.5. The molecule has 0 saturated carbocycles. The minimum absolute atomic E-state index is 0.0950. The van der Waals surface area contributed by atoms with Gasteiger partial charge in [0.25, 0.3) is 0 Å². The van der Waals surface area contributed by atoms with Gasteiger partial charge in [0, 0.05) is 47.3 Å². The Labute approximate surface area is 199 Å². The molecule has 2 aromatic heterocycles. The number of nitrogens with one attached hydrogen (secondary N) is 1. The Balaban J connectivity index is 1.53. The third kappa shape index (κ3) is 4.00. The summed E-state index contributed by atoms with van der Waals surface area (Å²) in [6.45, 7) is 3.14. The minimum atomic E-state index is -0.645. The van der Waals surface area contributed by atoms with Crippen LogP contribution in [-0.2, 0) is 9.47 Å². The molecule has 2 atom stereocenters. The van der Waals surface area contributed by atoms with Gasteiger partial charge in [-0.05, 0) is 30.0 Å². The lowest BCUT2D eigenvalue weighted by Crippen LogP contribution is -2.22. The summed E-state index contributed by atoms with van der Waals surface area (Å²) in [4.78, 5) is 20.7. The van der Waals surface area contributed by atoms with Crippen molar-refractivity contribution in [1.82, 2.24) is 9.97 Å². The molecule has 174 valence electrons. The van der Waals surface area contributed by atoms with Crippen molar-refractivity contribution in [3.63, 3.8) is 0 Å². The monoisotopic (exact) mass is 482 g/mol. The number of fused-ring (bicyclic) bond motifs is 2. The van der Waals surface area contributed by atoms with E-state index in [9.17, 15) is 10.1 Å². The summed E-state index contributed by atoms with van der Waals surface area (Å²) < 4.78 is 31.5. The molecule has 1 saturated heterocycles. The molecule has 34 heavy (non-hydrogen) atoms. The summed E-state index contributed by atoms with van der Waals surface area (Å²) in [7, 11) is 0. The van der Waals surface area contributed by atoms with Crippen molar-refractivity contribution in [1.29, 1.82) is 5.26 Å². The number of hydrogen-bond acceptors (Lipinski definition) is 7. The quantitative estimate of drug-likeness (QED) is 0.551. The van der Waals surface area contributed by atoms with Gasteiger partial charge in [0.15, 0.2) is 0 Å². The molecule has 0 radical (unpaired) electrons. The average molecular weight is 483 g/mol. The van der Waals surface area contributed by atoms with Crippen molar-refractivity contribution in [2.45, 2.75) is 31.8 Å². The van der Waals surface area contributed by atoms with Crippen LogP contribution in [0, 0.1) is 24.1 Å². The lowest BCUT2D eigenvalue weighted by molar-refractivity contribution is 0.0931. The molecule has 1 N–H and O–H groups in total. The van der Waals surface area contributed by atoms with Gasteiger partial charge < -0.3 is 14.2 Å². The fraction of sp³-hybridized carbons (Fsp3) is 0.333. The molecule has 10 heteroatoms. The van der Waals surface area contributed by atoms with Gasteiger partial charge in [-0.15, -0.1) is 0 Å². The molecule has 8 nitrogen and oxygen atoms in total. The van der Waals surface area contributed by atoms with E-state index in [1.807, 2.05) is 6.92 Å². The fourth-order valence-electron chi connectivity index (χ4n) is 4.32. The Hall–Kier alpha value is -3.48. The molecule has 2 aliphatic rings. The molecule has 2 aliphatic heterocycles. The second-order valence-electron chi connectivity index (χ2n) is 8.19. The molecule has 1 fully saturated rings. The van der Waals surface area contributed by atoms with Crippen LogP contribution >= 0.6 is 11.6 Å². The first-order valence-corrected chi connectivity index (χ1v) is 11.2. The number of anilines is 1.